The van der Waals surface area contributed by atoms with Crippen molar-refractivity contribution in [3.63, 3.8) is 0 Å². The molecule has 5 heteroatoms. The number of carboxylic acids is 1. The highest BCUT2D eigenvalue weighted by Crippen LogP contribution is 2.61. The Hall–Kier alpha value is -1.58. The molecule has 21 heavy (non-hydrogen) atoms. The fourth-order valence-corrected chi connectivity index (χ4v) is 2.86. The van der Waals surface area contributed by atoms with E-state index in [1.807, 2.05) is 0 Å². The van der Waals surface area contributed by atoms with Gasteiger partial charge < -0.3 is 5.11 Å². The van der Waals surface area contributed by atoms with Crippen LogP contribution in [-0.4, -0.2) is 11.1 Å². The van der Waals surface area contributed by atoms with Crippen molar-refractivity contribution in [3.8, 4) is 0 Å². The van der Waals surface area contributed by atoms with Crippen LogP contribution >= 0.6 is 23.2 Å². The number of hydrogen-bond acceptors (Lipinski definition) is 1. The molecule has 0 aliphatic heterocycles. The van der Waals surface area contributed by atoms with Crippen LogP contribution in [0.15, 0.2) is 42.5 Å². The number of rotatable bonds is 3. The molecule has 108 valence electrons. The van der Waals surface area contributed by atoms with Gasteiger partial charge >= 0.3 is 5.97 Å². The molecule has 2 nitrogen and oxygen atoms in total. The summed E-state index contributed by atoms with van der Waals surface area (Å²) in [6.45, 7) is 0. The molecule has 2 aromatic rings. The predicted molar refractivity (Wildman–Crippen MR) is 80.0 cm³/mol. The summed E-state index contributed by atoms with van der Waals surface area (Å²) in [7, 11) is 0. The Morgan fingerprint density at radius 2 is 1.81 bits per heavy atom. The van der Waals surface area contributed by atoms with Crippen LogP contribution in [0.25, 0.3) is 0 Å². The number of halogens is 3. The van der Waals surface area contributed by atoms with Gasteiger partial charge in [-0.1, -0.05) is 41.4 Å². The van der Waals surface area contributed by atoms with E-state index in [1.54, 1.807) is 18.2 Å². The van der Waals surface area contributed by atoms with Crippen LogP contribution in [0.5, 0.6) is 0 Å². The number of carboxylic acid groups (broad SMARTS) is 1. The molecule has 0 bridgehead atoms. The van der Waals surface area contributed by atoms with Crippen molar-refractivity contribution in [3.05, 3.63) is 69.2 Å². The first kappa shape index (κ1) is 14.4. The minimum absolute atomic E-state index is 0.147. The van der Waals surface area contributed by atoms with Gasteiger partial charge in [-0.05, 0) is 41.8 Å². The van der Waals surface area contributed by atoms with Gasteiger partial charge in [-0.2, -0.15) is 0 Å². The Morgan fingerprint density at radius 1 is 1.14 bits per heavy atom. The lowest BCUT2D eigenvalue weighted by Gasteiger charge is -2.09. The fourth-order valence-electron chi connectivity index (χ4n) is 2.56. The standard InChI is InChI=1S/C16H11Cl2FO2/c17-13-6-3-10(7-14(13)18)12-8-16(12,19)11-4-1-9(2-5-11)15(20)21/h1-7,12H,8H2,(H,20,21). The molecule has 0 aromatic heterocycles. The summed E-state index contributed by atoms with van der Waals surface area (Å²) in [5.74, 6) is -1.30. The summed E-state index contributed by atoms with van der Waals surface area (Å²) in [6, 6.07) is 11.0. The van der Waals surface area contributed by atoms with Gasteiger partial charge in [0.1, 0.15) is 5.67 Å². The second kappa shape index (κ2) is 5.00. The highest BCUT2D eigenvalue weighted by molar-refractivity contribution is 6.42. The number of aromatic carboxylic acids is 1. The zero-order valence-corrected chi connectivity index (χ0v) is 12.3. The van der Waals surface area contributed by atoms with Gasteiger partial charge in [0.15, 0.2) is 0 Å². The molecule has 1 N–H and O–H groups in total. The maximum atomic E-state index is 14.9. The summed E-state index contributed by atoms with van der Waals surface area (Å²) < 4.78 is 14.9. The first-order valence-corrected chi connectivity index (χ1v) is 7.15. The van der Waals surface area contributed by atoms with Gasteiger partial charge in [0.25, 0.3) is 0 Å². The van der Waals surface area contributed by atoms with Crippen LogP contribution < -0.4 is 0 Å². The molecular formula is C16H11Cl2FO2. The van der Waals surface area contributed by atoms with E-state index in [0.717, 1.165) is 5.56 Å². The number of alkyl halides is 1. The monoisotopic (exact) mass is 324 g/mol. The number of hydrogen-bond donors (Lipinski definition) is 1. The quantitative estimate of drug-likeness (QED) is 0.858. The molecule has 0 spiro atoms. The van der Waals surface area contributed by atoms with Crippen LogP contribution in [0, 0.1) is 0 Å². The molecule has 2 unspecified atom stereocenters. The Bertz CT molecular complexity index is 715. The summed E-state index contributed by atoms with van der Waals surface area (Å²) in [5.41, 5.74) is -0.0272. The molecule has 1 fully saturated rings. The van der Waals surface area contributed by atoms with E-state index in [2.05, 4.69) is 0 Å². The lowest BCUT2D eigenvalue weighted by molar-refractivity contribution is 0.0696. The van der Waals surface area contributed by atoms with Crippen LogP contribution in [-0.2, 0) is 5.67 Å². The molecule has 1 aliphatic rings. The second-order valence-electron chi connectivity index (χ2n) is 5.18. The Labute approximate surface area is 131 Å². The average Bonchev–Trinajstić information content (AvgIpc) is 3.15. The van der Waals surface area contributed by atoms with E-state index in [9.17, 15) is 9.18 Å². The van der Waals surface area contributed by atoms with Crippen LogP contribution in [0.2, 0.25) is 10.0 Å². The fraction of sp³-hybridized carbons (Fsp3) is 0.188. The van der Waals surface area contributed by atoms with Crippen molar-refractivity contribution in [1.29, 1.82) is 0 Å². The van der Waals surface area contributed by atoms with Gasteiger partial charge in [0.05, 0.1) is 15.6 Å². The van der Waals surface area contributed by atoms with Gasteiger partial charge in [-0.3, -0.25) is 0 Å². The Morgan fingerprint density at radius 3 is 2.38 bits per heavy atom. The van der Waals surface area contributed by atoms with E-state index in [1.165, 1.54) is 24.3 Å². The zero-order valence-electron chi connectivity index (χ0n) is 10.8. The molecule has 1 saturated carbocycles. The second-order valence-corrected chi connectivity index (χ2v) is 5.99. The van der Waals surface area contributed by atoms with Crippen molar-refractivity contribution in [2.45, 2.75) is 18.0 Å². The first-order valence-electron chi connectivity index (χ1n) is 6.39. The van der Waals surface area contributed by atoms with Crippen LogP contribution in [0.3, 0.4) is 0 Å². The summed E-state index contributed by atoms with van der Waals surface area (Å²) in [4.78, 5) is 10.8. The minimum atomic E-state index is -1.46. The van der Waals surface area contributed by atoms with E-state index >= 15 is 0 Å². The van der Waals surface area contributed by atoms with E-state index in [4.69, 9.17) is 28.3 Å². The third kappa shape index (κ3) is 2.52. The lowest BCUT2D eigenvalue weighted by atomic mass is 10.0. The van der Waals surface area contributed by atoms with Crippen molar-refractivity contribution in [2.75, 3.05) is 0 Å². The first-order chi connectivity index (χ1) is 9.91. The molecule has 2 aromatic carbocycles. The van der Waals surface area contributed by atoms with Gasteiger partial charge in [-0.25, -0.2) is 9.18 Å². The maximum absolute atomic E-state index is 14.9. The molecule has 1 aliphatic carbocycles. The van der Waals surface area contributed by atoms with Crippen LogP contribution in [0.4, 0.5) is 4.39 Å². The van der Waals surface area contributed by atoms with E-state index < -0.39 is 11.6 Å². The van der Waals surface area contributed by atoms with Crippen molar-refractivity contribution in [1.82, 2.24) is 0 Å². The summed E-state index contributed by atoms with van der Waals surface area (Å²) in [6.07, 6.45) is 0.359. The SMILES string of the molecule is O=C(O)c1ccc(C2(F)CC2c2ccc(Cl)c(Cl)c2)cc1. The molecule has 0 radical (unpaired) electrons. The highest BCUT2D eigenvalue weighted by atomic mass is 35.5. The topological polar surface area (TPSA) is 37.3 Å². The van der Waals surface area contributed by atoms with Crippen molar-refractivity contribution >= 4 is 29.2 Å². The zero-order chi connectivity index (χ0) is 15.2. The van der Waals surface area contributed by atoms with Gasteiger partial charge in [0, 0.05) is 5.92 Å². The van der Waals surface area contributed by atoms with Gasteiger partial charge in [-0.15, -0.1) is 0 Å². The molecular weight excluding hydrogens is 314 g/mol. The van der Waals surface area contributed by atoms with Crippen molar-refractivity contribution < 1.29 is 14.3 Å². The van der Waals surface area contributed by atoms with Crippen molar-refractivity contribution in [2.24, 2.45) is 0 Å². The molecule has 0 heterocycles. The minimum Gasteiger partial charge on any atom is -0.478 e. The third-order valence-electron chi connectivity index (χ3n) is 3.85. The predicted octanol–water partition coefficient (Wildman–Crippen LogP) is 5.04. The normalized spacial score (nSPS) is 23.9. The molecule has 3 rings (SSSR count). The third-order valence-corrected chi connectivity index (χ3v) is 4.59. The molecule has 2 atom stereocenters. The maximum Gasteiger partial charge on any atom is 0.335 e. The smallest absolute Gasteiger partial charge is 0.335 e. The lowest BCUT2D eigenvalue weighted by Crippen LogP contribution is -2.03. The van der Waals surface area contributed by atoms with Crippen LogP contribution in [0.1, 0.15) is 33.8 Å². The summed E-state index contributed by atoms with van der Waals surface area (Å²) >= 11 is 11.8. The van der Waals surface area contributed by atoms with E-state index in [-0.39, 0.29) is 11.5 Å². The molecule has 0 saturated heterocycles. The number of carbonyl (C=O) groups is 1. The highest BCUT2D eigenvalue weighted by Gasteiger charge is 2.57. The van der Waals surface area contributed by atoms with Gasteiger partial charge in [0.2, 0.25) is 0 Å². The largest absolute Gasteiger partial charge is 0.478 e. The van der Waals surface area contributed by atoms with E-state index in [0.29, 0.717) is 22.0 Å². The summed E-state index contributed by atoms with van der Waals surface area (Å²) in [5, 5.41) is 9.71. The average molecular weight is 325 g/mol. The molecule has 0 amide bonds. The Kier molecular flexibility index (Phi) is 3.42. The Balaban J connectivity index is 1.86. The number of benzene rings is 2.